The van der Waals surface area contributed by atoms with Gasteiger partial charge in [-0.25, -0.2) is 4.79 Å². The Morgan fingerprint density at radius 2 is 1.81 bits per heavy atom. The molecule has 168 valence electrons. The predicted molar refractivity (Wildman–Crippen MR) is 115 cm³/mol. The molecule has 1 aliphatic rings. The number of halogens is 5. The third kappa shape index (κ3) is 3.42. The number of aromatic nitrogens is 1. The van der Waals surface area contributed by atoms with E-state index in [9.17, 15) is 18.0 Å². The van der Waals surface area contributed by atoms with Crippen LogP contribution in [0, 0.1) is 13.8 Å². The lowest BCUT2D eigenvalue weighted by molar-refractivity contribution is -0.275. The second kappa shape index (κ2) is 7.71. The number of oxime groups is 1. The topological polar surface area (TPSA) is 52.3 Å². The summed E-state index contributed by atoms with van der Waals surface area (Å²) in [6.45, 7) is 3.59. The number of hydrogen-bond donors (Lipinski definition) is 0. The van der Waals surface area contributed by atoms with Crippen molar-refractivity contribution in [2.24, 2.45) is 5.16 Å². The van der Waals surface area contributed by atoms with Crippen LogP contribution in [-0.4, -0.2) is 29.4 Å². The average molecular weight is 485 g/mol. The van der Waals surface area contributed by atoms with Crippen LogP contribution in [0.15, 0.2) is 41.6 Å². The fourth-order valence-corrected chi connectivity index (χ4v) is 4.61. The quantitative estimate of drug-likeness (QED) is 0.414. The average Bonchev–Trinajstić information content (AvgIpc) is 3.29. The zero-order valence-electron chi connectivity index (χ0n) is 17.2. The SMILES string of the molecule is COC(=O)c1ccc(C2=NOC(c3cc(Cl)cc(Cl)c3)(C(F)(F)F)C2)n2c(C)cc(C)c12. The third-order valence-electron chi connectivity index (χ3n) is 5.49. The zero-order valence-corrected chi connectivity index (χ0v) is 18.7. The summed E-state index contributed by atoms with van der Waals surface area (Å²) in [5.41, 5.74) is -0.236. The van der Waals surface area contributed by atoms with Crippen molar-refractivity contribution in [3.63, 3.8) is 0 Å². The number of methoxy groups -OCH3 is 1. The van der Waals surface area contributed by atoms with Crippen LogP contribution < -0.4 is 0 Å². The maximum Gasteiger partial charge on any atom is 0.435 e. The number of carbonyl (C=O) groups is 1. The molecule has 1 unspecified atom stereocenters. The van der Waals surface area contributed by atoms with E-state index in [4.69, 9.17) is 32.8 Å². The second-order valence-electron chi connectivity index (χ2n) is 7.57. The molecule has 1 aliphatic heterocycles. The summed E-state index contributed by atoms with van der Waals surface area (Å²) in [5, 5.41) is 3.93. The summed E-state index contributed by atoms with van der Waals surface area (Å²) in [4.78, 5) is 17.3. The molecule has 0 saturated heterocycles. The molecule has 0 N–H and O–H groups in total. The van der Waals surface area contributed by atoms with E-state index >= 15 is 0 Å². The zero-order chi connectivity index (χ0) is 23.4. The van der Waals surface area contributed by atoms with E-state index < -0.39 is 24.2 Å². The van der Waals surface area contributed by atoms with E-state index in [-0.39, 0.29) is 21.3 Å². The molecular formula is C22H17Cl2F3N2O3. The lowest BCUT2D eigenvalue weighted by atomic mass is 9.87. The summed E-state index contributed by atoms with van der Waals surface area (Å²) in [6, 6.07) is 8.55. The Morgan fingerprint density at radius 3 is 2.41 bits per heavy atom. The summed E-state index contributed by atoms with van der Waals surface area (Å²) in [6.07, 6.45) is -5.41. The van der Waals surface area contributed by atoms with Gasteiger partial charge in [-0.05, 0) is 55.8 Å². The molecule has 0 aliphatic carbocycles. The number of benzene rings is 1. The van der Waals surface area contributed by atoms with Crippen molar-refractivity contribution >= 4 is 40.4 Å². The number of pyridine rings is 1. The van der Waals surface area contributed by atoms with Gasteiger partial charge in [0.05, 0.1) is 30.3 Å². The molecule has 10 heteroatoms. The van der Waals surface area contributed by atoms with Gasteiger partial charge >= 0.3 is 12.1 Å². The van der Waals surface area contributed by atoms with E-state index in [2.05, 4.69) is 5.16 Å². The Bertz CT molecular complexity index is 1260. The number of fused-ring (bicyclic) bond motifs is 1. The summed E-state index contributed by atoms with van der Waals surface area (Å²) in [5.74, 6) is -0.550. The normalized spacial score (nSPS) is 18.6. The molecule has 3 aromatic rings. The van der Waals surface area contributed by atoms with E-state index in [0.29, 0.717) is 16.8 Å². The van der Waals surface area contributed by atoms with Crippen LogP contribution in [0.25, 0.3) is 5.52 Å². The lowest BCUT2D eigenvalue weighted by Crippen LogP contribution is -2.42. The van der Waals surface area contributed by atoms with Crippen molar-refractivity contribution in [2.45, 2.75) is 32.0 Å². The monoisotopic (exact) mass is 484 g/mol. The molecular weight excluding hydrogens is 468 g/mol. The van der Waals surface area contributed by atoms with Crippen LogP contribution in [0.2, 0.25) is 10.0 Å². The Hall–Kier alpha value is -2.71. The van der Waals surface area contributed by atoms with E-state index in [1.807, 2.05) is 6.07 Å². The Morgan fingerprint density at radius 1 is 1.16 bits per heavy atom. The van der Waals surface area contributed by atoms with Crippen molar-refractivity contribution < 1.29 is 27.5 Å². The summed E-state index contributed by atoms with van der Waals surface area (Å²) >= 11 is 11.9. The molecule has 1 aromatic carbocycles. The molecule has 0 amide bonds. The minimum absolute atomic E-state index is 0.0508. The van der Waals surface area contributed by atoms with Crippen LogP contribution in [-0.2, 0) is 15.2 Å². The second-order valence-corrected chi connectivity index (χ2v) is 8.44. The van der Waals surface area contributed by atoms with Gasteiger partial charge in [0.1, 0.15) is 5.71 Å². The lowest BCUT2D eigenvalue weighted by Gasteiger charge is -2.29. The summed E-state index contributed by atoms with van der Waals surface area (Å²) in [7, 11) is 1.26. The van der Waals surface area contributed by atoms with Gasteiger partial charge in [0.2, 0.25) is 0 Å². The van der Waals surface area contributed by atoms with E-state index in [1.165, 1.54) is 37.4 Å². The minimum atomic E-state index is -4.81. The van der Waals surface area contributed by atoms with Crippen molar-refractivity contribution in [2.75, 3.05) is 7.11 Å². The molecule has 2 aromatic heterocycles. The Kier molecular flexibility index (Phi) is 5.41. The van der Waals surface area contributed by atoms with E-state index in [1.54, 1.807) is 18.2 Å². The highest BCUT2D eigenvalue weighted by atomic mass is 35.5. The number of alkyl halides is 3. The van der Waals surface area contributed by atoms with Gasteiger partial charge in [-0.3, -0.25) is 0 Å². The number of rotatable bonds is 3. The fraction of sp³-hybridized carbons (Fsp3) is 0.273. The minimum Gasteiger partial charge on any atom is -0.465 e. The summed E-state index contributed by atoms with van der Waals surface area (Å²) < 4.78 is 49.5. The van der Waals surface area contributed by atoms with Gasteiger partial charge in [-0.2, -0.15) is 13.2 Å². The van der Waals surface area contributed by atoms with Gasteiger partial charge in [-0.1, -0.05) is 28.4 Å². The first-order valence-electron chi connectivity index (χ1n) is 9.47. The van der Waals surface area contributed by atoms with Crippen molar-refractivity contribution in [3.05, 3.63) is 74.5 Å². The molecule has 0 radical (unpaired) electrons. The highest BCUT2D eigenvalue weighted by molar-refractivity contribution is 6.34. The van der Waals surface area contributed by atoms with Crippen LogP contribution in [0.1, 0.15) is 39.3 Å². The Labute approximate surface area is 191 Å². The third-order valence-corrected chi connectivity index (χ3v) is 5.93. The predicted octanol–water partition coefficient (Wildman–Crippen LogP) is 6.23. The van der Waals surface area contributed by atoms with Crippen LogP contribution in [0.4, 0.5) is 13.2 Å². The molecule has 0 spiro atoms. The van der Waals surface area contributed by atoms with Gasteiger partial charge in [0, 0.05) is 21.3 Å². The number of ether oxygens (including phenoxy) is 1. The molecule has 0 fully saturated rings. The molecule has 1 atom stereocenters. The van der Waals surface area contributed by atoms with Gasteiger partial charge in [-0.15, -0.1) is 0 Å². The van der Waals surface area contributed by atoms with Crippen molar-refractivity contribution in [1.29, 1.82) is 0 Å². The van der Waals surface area contributed by atoms with Crippen molar-refractivity contribution in [1.82, 2.24) is 4.40 Å². The highest BCUT2D eigenvalue weighted by Gasteiger charge is 2.62. The molecule has 32 heavy (non-hydrogen) atoms. The van der Waals surface area contributed by atoms with Gasteiger partial charge in [0.15, 0.2) is 0 Å². The van der Waals surface area contributed by atoms with E-state index in [0.717, 1.165) is 11.3 Å². The molecule has 3 heterocycles. The highest BCUT2D eigenvalue weighted by Crippen LogP contribution is 2.49. The first-order valence-corrected chi connectivity index (χ1v) is 10.2. The molecule has 0 saturated carbocycles. The maximum absolute atomic E-state index is 14.3. The maximum atomic E-state index is 14.3. The van der Waals surface area contributed by atoms with Crippen LogP contribution in [0.5, 0.6) is 0 Å². The van der Waals surface area contributed by atoms with Gasteiger partial charge in [0.25, 0.3) is 5.60 Å². The molecule has 0 bridgehead atoms. The number of esters is 1. The van der Waals surface area contributed by atoms with Gasteiger partial charge < -0.3 is 14.0 Å². The number of aryl methyl sites for hydroxylation is 2. The fourth-order valence-electron chi connectivity index (χ4n) is 4.09. The molecule has 5 nitrogen and oxygen atoms in total. The Balaban J connectivity index is 1.87. The number of nitrogens with zero attached hydrogens (tertiary/aromatic N) is 2. The largest absolute Gasteiger partial charge is 0.465 e. The van der Waals surface area contributed by atoms with Crippen molar-refractivity contribution in [3.8, 4) is 0 Å². The number of hydrogen-bond acceptors (Lipinski definition) is 4. The number of carbonyl (C=O) groups excluding carboxylic acids is 1. The first-order chi connectivity index (χ1) is 15.0. The van der Waals surface area contributed by atoms with Crippen LogP contribution >= 0.6 is 23.2 Å². The smallest absolute Gasteiger partial charge is 0.435 e. The molecule has 4 rings (SSSR count). The first kappa shape index (κ1) is 22.5. The standard InChI is InChI=1S/C22H17Cl2F3N2O3/c1-11-6-12(2)29-18(5-4-16(19(11)29)20(30)31-3)17-10-21(32-28-17,22(25,26)27)13-7-14(23)9-15(24)8-13/h4-9H,10H2,1-3H3. The van der Waals surface area contributed by atoms with Crippen LogP contribution in [0.3, 0.4) is 0 Å².